The Morgan fingerprint density at radius 1 is 1.17 bits per heavy atom. The number of hydroxylamine groups is 1. The fraction of sp³-hybridized carbons (Fsp3) is 0.889. The van der Waals surface area contributed by atoms with Crippen molar-refractivity contribution in [3.8, 4) is 0 Å². The topological polar surface area (TPSA) is 76.5 Å². The van der Waals surface area contributed by atoms with Crippen LogP contribution in [0, 0.1) is 17.8 Å². The van der Waals surface area contributed by atoms with E-state index >= 15 is 0 Å². The molecule has 138 valence electrons. The molecular weight excluding hydrogens is 290 g/mol. The molecule has 0 aromatic heterocycles. The number of aliphatic hydroxyl groups is 1. The van der Waals surface area contributed by atoms with Gasteiger partial charge in [-0.2, -0.15) is 5.48 Å². The van der Waals surface area contributed by atoms with E-state index in [1.54, 1.807) is 0 Å². The maximum Gasteiger partial charge on any atom is 0.148 e. The Hall–Kier alpha value is -0.460. The van der Waals surface area contributed by atoms with Crippen LogP contribution in [0.25, 0.3) is 0 Å². The number of likely N-dealkylation sites (N-methyl/N-ethyl adjacent to an activating group) is 1. The molecule has 3 unspecified atom stereocenters. The maximum atomic E-state index is 9.86. The molecule has 4 atom stereocenters. The Kier molecular flexibility index (Phi) is 10.2. The van der Waals surface area contributed by atoms with Crippen LogP contribution in [0.15, 0.2) is 12.2 Å². The molecule has 0 saturated carbocycles. The molecule has 0 spiro atoms. The van der Waals surface area contributed by atoms with Crippen molar-refractivity contribution in [1.29, 1.82) is 0 Å². The van der Waals surface area contributed by atoms with E-state index in [0.29, 0.717) is 23.5 Å². The van der Waals surface area contributed by atoms with Crippen molar-refractivity contribution in [2.24, 2.45) is 17.8 Å². The summed E-state index contributed by atoms with van der Waals surface area (Å²) in [4.78, 5) is 0. The molecule has 0 radical (unpaired) electrons. The van der Waals surface area contributed by atoms with Crippen LogP contribution >= 0.6 is 0 Å². The van der Waals surface area contributed by atoms with Crippen LogP contribution in [0.1, 0.15) is 54.4 Å². The van der Waals surface area contributed by atoms with Crippen LogP contribution in [0.4, 0.5) is 0 Å². The lowest BCUT2D eigenvalue weighted by Gasteiger charge is -2.44. The van der Waals surface area contributed by atoms with Gasteiger partial charge in [0.05, 0.1) is 0 Å². The zero-order chi connectivity index (χ0) is 18.2. The van der Waals surface area contributed by atoms with Crippen molar-refractivity contribution in [1.82, 2.24) is 16.1 Å². The molecule has 0 rings (SSSR count). The molecule has 5 N–H and O–H groups in total. The standard InChI is InChI=1S/C18H39N3O2/c1-9-18(13(4)5,15(7)19-8)20-11-16(10-12(2)3)14(6)17(22)21-23/h12-13,15-17,19-23H,6,9-11H2,1-5,7-8H3/t15?,16-,17?,18?/m1/s1. The van der Waals surface area contributed by atoms with Gasteiger partial charge in [0.15, 0.2) is 0 Å². The van der Waals surface area contributed by atoms with E-state index < -0.39 is 6.23 Å². The molecule has 5 nitrogen and oxygen atoms in total. The number of rotatable bonds is 12. The van der Waals surface area contributed by atoms with Gasteiger partial charge < -0.3 is 20.9 Å². The van der Waals surface area contributed by atoms with Gasteiger partial charge >= 0.3 is 0 Å². The third-order valence-corrected chi connectivity index (χ3v) is 5.25. The largest absolute Gasteiger partial charge is 0.373 e. The van der Waals surface area contributed by atoms with Crippen molar-refractivity contribution >= 4 is 0 Å². The van der Waals surface area contributed by atoms with Crippen LogP contribution in [-0.2, 0) is 0 Å². The highest BCUT2D eigenvalue weighted by atomic mass is 16.5. The molecule has 0 saturated heterocycles. The molecule has 0 amide bonds. The van der Waals surface area contributed by atoms with Crippen LogP contribution in [-0.4, -0.2) is 41.7 Å². The lowest BCUT2D eigenvalue weighted by molar-refractivity contribution is 0.0177. The van der Waals surface area contributed by atoms with Gasteiger partial charge in [-0.3, -0.25) is 0 Å². The average Bonchev–Trinajstić information content (AvgIpc) is 2.51. The van der Waals surface area contributed by atoms with E-state index in [9.17, 15) is 5.11 Å². The van der Waals surface area contributed by atoms with E-state index in [1.807, 2.05) is 12.5 Å². The summed E-state index contributed by atoms with van der Waals surface area (Å²) in [5.74, 6) is 1.04. The Labute approximate surface area is 142 Å². The molecule has 0 aliphatic heterocycles. The van der Waals surface area contributed by atoms with E-state index in [1.165, 1.54) is 0 Å². The summed E-state index contributed by atoms with van der Waals surface area (Å²) < 4.78 is 0. The third-order valence-electron chi connectivity index (χ3n) is 5.25. The Balaban J connectivity index is 5.21. The molecule has 0 heterocycles. The third kappa shape index (κ3) is 6.16. The minimum Gasteiger partial charge on any atom is -0.373 e. The van der Waals surface area contributed by atoms with E-state index in [-0.39, 0.29) is 11.5 Å². The van der Waals surface area contributed by atoms with Crippen LogP contribution < -0.4 is 16.1 Å². The van der Waals surface area contributed by atoms with E-state index in [4.69, 9.17) is 5.21 Å². The second kappa shape index (κ2) is 10.4. The first-order valence-electron chi connectivity index (χ1n) is 8.84. The predicted molar refractivity (Wildman–Crippen MR) is 97.4 cm³/mol. The lowest BCUT2D eigenvalue weighted by Crippen LogP contribution is -2.62. The van der Waals surface area contributed by atoms with Gasteiger partial charge in [-0.1, -0.05) is 41.2 Å². The number of hydrogen-bond acceptors (Lipinski definition) is 5. The monoisotopic (exact) mass is 329 g/mol. The Morgan fingerprint density at radius 2 is 1.74 bits per heavy atom. The molecule has 23 heavy (non-hydrogen) atoms. The number of nitrogens with one attached hydrogen (secondary N) is 3. The normalized spacial score (nSPS) is 18.7. The second-order valence-corrected chi connectivity index (χ2v) is 7.37. The van der Waals surface area contributed by atoms with Gasteiger partial charge in [0.25, 0.3) is 0 Å². The second-order valence-electron chi connectivity index (χ2n) is 7.37. The summed E-state index contributed by atoms with van der Waals surface area (Å²) in [6.07, 6.45) is 0.836. The van der Waals surface area contributed by atoms with Gasteiger partial charge in [-0.25, -0.2) is 0 Å². The Morgan fingerprint density at radius 3 is 2.09 bits per heavy atom. The van der Waals surface area contributed by atoms with Crippen molar-refractivity contribution in [2.75, 3.05) is 13.6 Å². The van der Waals surface area contributed by atoms with E-state index in [2.05, 4.69) is 58.8 Å². The highest BCUT2D eigenvalue weighted by molar-refractivity contribution is 5.08. The quantitative estimate of drug-likeness (QED) is 0.216. The summed E-state index contributed by atoms with van der Waals surface area (Å²) in [6, 6.07) is 0.321. The zero-order valence-corrected chi connectivity index (χ0v) is 16.1. The number of hydrogen-bond donors (Lipinski definition) is 5. The van der Waals surface area contributed by atoms with Crippen LogP contribution in [0.5, 0.6) is 0 Å². The van der Waals surface area contributed by atoms with Gasteiger partial charge in [0.2, 0.25) is 0 Å². The fourth-order valence-electron chi connectivity index (χ4n) is 3.51. The first-order chi connectivity index (χ1) is 10.7. The summed E-state index contributed by atoms with van der Waals surface area (Å²) >= 11 is 0. The summed E-state index contributed by atoms with van der Waals surface area (Å²) in [5.41, 5.74) is 2.50. The molecule has 0 aliphatic rings. The predicted octanol–water partition coefficient (Wildman–Crippen LogP) is 2.50. The molecule has 0 aromatic rings. The van der Waals surface area contributed by atoms with Gasteiger partial charge in [-0.15, -0.1) is 0 Å². The SMILES string of the molecule is C=C(C(O)NO)[C@@H](CNC(CC)(C(C)C)C(C)NC)CC(C)C. The van der Waals surface area contributed by atoms with Crippen molar-refractivity contribution in [3.63, 3.8) is 0 Å². The average molecular weight is 330 g/mol. The lowest BCUT2D eigenvalue weighted by atomic mass is 9.77. The highest BCUT2D eigenvalue weighted by Crippen LogP contribution is 2.28. The van der Waals surface area contributed by atoms with Crippen molar-refractivity contribution < 1.29 is 10.3 Å². The highest BCUT2D eigenvalue weighted by Gasteiger charge is 2.37. The maximum absolute atomic E-state index is 9.86. The summed E-state index contributed by atoms with van der Waals surface area (Å²) in [6.45, 7) is 17.9. The summed E-state index contributed by atoms with van der Waals surface area (Å²) in [5, 5.41) is 26.0. The Bertz CT molecular complexity index is 347. The van der Waals surface area contributed by atoms with Gasteiger partial charge in [0.1, 0.15) is 6.23 Å². The van der Waals surface area contributed by atoms with Crippen molar-refractivity contribution in [3.05, 3.63) is 12.2 Å². The molecule has 0 bridgehead atoms. The first kappa shape index (κ1) is 22.5. The minimum absolute atomic E-state index is 0.0259. The van der Waals surface area contributed by atoms with Crippen LogP contribution in [0.3, 0.4) is 0 Å². The van der Waals surface area contributed by atoms with E-state index in [0.717, 1.165) is 19.4 Å². The van der Waals surface area contributed by atoms with Crippen molar-refractivity contribution in [2.45, 2.75) is 72.2 Å². The minimum atomic E-state index is -1.09. The number of aliphatic hydroxyl groups excluding tert-OH is 1. The molecule has 0 aliphatic carbocycles. The molecular formula is C18H39N3O2. The van der Waals surface area contributed by atoms with Crippen LogP contribution in [0.2, 0.25) is 0 Å². The molecule has 0 aromatic carbocycles. The fourth-order valence-corrected chi connectivity index (χ4v) is 3.51. The summed E-state index contributed by atoms with van der Waals surface area (Å²) in [7, 11) is 1.99. The van der Waals surface area contributed by atoms with Gasteiger partial charge in [-0.05, 0) is 50.1 Å². The smallest absolute Gasteiger partial charge is 0.148 e. The molecule has 5 heteroatoms. The van der Waals surface area contributed by atoms with Gasteiger partial charge in [0, 0.05) is 18.1 Å². The first-order valence-corrected chi connectivity index (χ1v) is 8.84. The zero-order valence-electron chi connectivity index (χ0n) is 16.1. The molecule has 0 fully saturated rings.